The van der Waals surface area contributed by atoms with Crippen molar-refractivity contribution in [2.45, 2.75) is 6.42 Å². The van der Waals surface area contributed by atoms with Crippen LogP contribution in [-0.2, 0) is 0 Å². The van der Waals surface area contributed by atoms with Crippen LogP contribution in [0.5, 0.6) is 5.88 Å². The van der Waals surface area contributed by atoms with Gasteiger partial charge >= 0.3 is 5.69 Å². The predicted octanol–water partition coefficient (Wildman–Crippen LogP) is 0.921. The van der Waals surface area contributed by atoms with Crippen molar-refractivity contribution in [3.05, 3.63) is 16.4 Å². The molecule has 9 heteroatoms. The maximum Gasteiger partial charge on any atom is 0.372 e. The zero-order valence-corrected chi connectivity index (χ0v) is 11.4. The van der Waals surface area contributed by atoms with Crippen LogP contribution in [0.2, 0.25) is 0 Å². The van der Waals surface area contributed by atoms with Crippen LogP contribution in [0, 0.1) is 10.1 Å². The third-order valence-electron chi connectivity index (χ3n) is 2.15. The zero-order valence-electron chi connectivity index (χ0n) is 10.5. The molecule has 106 valence electrons. The SMILES string of the molecule is COc1ncnc(NCCSCCCO)c1[N+](=O)[O-]. The van der Waals surface area contributed by atoms with Gasteiger partial charge in [0.1, 0.15) is 6.33 Å². The summed E-state index contributed by atoms with van der Waals surface area (Å²) < 4.78 is 4.84. The van der Waals surface area contributed by atoms with Gasteiger partial charge in [-0.05, 0) is 12.2 Å². The lowest BCUT2D eigenvalue weighted by molar-refractivity contribution is -0.385. The summed E-state index contributed by atoms with van der Waals surface area (Å²) in [5, 5.41) is 22.5. The molecule has 1 aromatic rings. The lowest BCUT2D eigenvalue weighted by atomic mass is 10.4. The summed E-state index contributed by atoms with van der Waals surface area (Å²) in [4.78, 5) is 17.9. The molecular formula is C10H16N4O4S. The molecule has 0 bridgehead atoms. The highest BCUT2D eigenvalue weighted by Gasteiger charge is 2.23. The van der Waals surface area contributed by atoms with Crippen molar-refractivity contribution in [2.75, 3.05) is 37.1 Å². The Bertz CT molecular complexity index is 419. The minimum Gasteiger partial charge on any atom is -0.476 e. The number of nitro groups is 1. The lowest BCUT2D eigenvalue weighted by Crippen LogP contribution is -2.10. The van der Waals surface area contributed by atoms with Crippen molar-refractivity contribution in [1.82, 2.24) is 9.97 Å². The second-order valence-electron chi connectivity index (χ2n) is 3.45. The topological polar surface area (TPSA) is 110 Å². The van der Waals surface area contributed by atoms with Gasteiger partial charge in [-0.15, -0.1) is 0 Å². The van der Waals surface area contributed by atoms with Crippen molar-refractivity contribution < 1.29 is 14.8 Å². The van der Waals surface area contributed by atoms with Crippen molar-refractivity contribution >= 4 is 23.3 Å². The summed E-state index contributed by atoms with van der Waals surface area (Å²) >= 11 is 1.65. The molecule has 0 radical (unpaired) electrons. The van der Waals surface area contributed by atoms with Gasteiger partial charge in [0.25, 0.3) is 5.88 Å². The first-order valence-electron chi connectivity index (χ1n) is 5.66. The second-order valence-corrected chi connectivity index (χ2v) is 4.68. The van der Waals surface area contributed by atoms with Gasteiger partial charge in [0.2, 0.25) is 5.82 Å². The number of aliphatic hydroxyl groups is 1. The summed E-state index contributed by atoms with van der Waals surface area (Å²) in [6, 6.07) is 0. The van der Waals surface area contributed by atoms with Crippen LogP contribution >= 0.6 is 11.8 Å². The Morgan fingerprint density at radius 1 is 1.53 bits per heavy atom. The van der Waals surface area contributed by atoms with Gasteiger partial charge in [0.05, 0.1) is 12.0 Å². The number of aliphatic hydroxyl groups excluding tert-OH is 1. The average molecular weight is 288 g/mol. The molecular weight excluding hydrogens is 272 g/mol. The molecule has 0 saturated carbocycles. The van der Waals surface area contributed by atoms with Gasteiger partial charge < -0.3 is 15.2 Å². The van der Waals surface area contributed by atoms with Crippen LogP contribution in [0.25, 0.3) is 0 Å². The van der Waals surface area contributed by atoms with Gasteiger partial charge in [-0.3, -0.25) is 10.1 Å². The Hall–Kier alpha value is -1.61. The highest BCUT2D eigenvalue weighted by molar-refractivity contribution is 7.99. The van der Waals surface area contributed by atoms with E-state index in [-0.39, 0.29) is 24.0 Å². The first-order chi connectivity index (χ1) is 9.20. The molecule has 1 aromatic heterocycles. The summed E-state index contributed by atoms with van der Waals surface area (Å²) in [6.07, 6.45) is 1.96. The van der Waals surface area contributed by atoms with E-state index >= 15 is 0 Å². The van der Waals surface area contributed by atoms with Crippen molar-refractivity contribution in [2.24, 2.45) is 0 Å². The van der Waals surface area contributed by atoms with E-state index in [0.29, 0.717) is 6.54 Å². The van der Waals surface area contributed by atoms with Gasteiger partial charge in [-0.2, -0.15) is 16.7 Å². The van der Waals surface area contributed by atoms with E-state index < -0.39 is 4.92 Å². The van der Waals surface area contributed by atoms with Crippen LogP contribution in [0.3, 0.4) is 0 Å². The molecule has 0 atom stereocenters. The molecule has 0 aliphatic carbocycles. The molecule has 0 aliphatic rings. The fraction of sp³-hybridized carbons (Fsp3) is 0.600. The molecule has 0 saturated heterocycles. The molecule has 0 aromatic carbocycles. The van der Waals surface area contributed by atoms with Crippen LogP contribution in [0.1, 0.15) is 6.42 Å². The zero-order chi connectivity index (χ0) is 14.1. The normalized spacial score (nSPS) is 10.2. The first kappa shape index (κ1) is 15.4. The monoisotopic (exact) mass is 288 g/mol. The Balaban J connectivity index is 2.55. The second kappa shape index (κ2) is 8.48. The molecule has 0 amide bonds. The maximum atomic E-state index is 10.9. The number of nitrogens with one attached hydrogen (secondary N) is 1. The molecule has 2 N–H and O–H groups in total. The highest BCUT2D eigenvalue weighted by atomic mass is 32.2. The van der Waals surface area contributed by atoms with Crippen LogP contribution in [0.4, 0.5) is 11.5 Å². The number of hydrogen-bond acceptors (Lipinski definition) is 8. The Morgan fingerprint density at radius 2 is 2.32 bits per heavy atom. The smallest absolute Gasteiger partial charge is 0.372 e. The number of aromatic nitrogens is 2. The third-order valence-corrected chi connectivity index (χ3v) is 3.22. The Kier molecular flexibility index (Phi) is 6.90. The summed E-state index contributed by atoms with van der Waals surface area (Å²) in [5.41, 5.74) is -0.259. The summed E-state index contributed by atoms with van der Waals surface area (Å²) in [6.45, 7) is 0.714. The van der Waals surface area contributed by atoms with Gasteiger partial charge in [0, 0.05) is 18.9 Å². The number of rotatable bonds is 9. The number of ether oxygens (including phenoxy) is 1. The fourth-order valence-electron chi connectivity index (χ4n) is 1.32. The molecule has 0 spiro atoms. The van der Waals surface area contributed by atoms with Gasteiger partial charge in [-0.1, -0.05) is 0 Å². The molecule has 1 heterocycles. The summed E-state index contributed by atoms with van der Waals surface area (Å²) in [7, 11) is 1.32. The van der Waals surface area contributed by atoms with Gasteiger partial charge in [-0.25, -0.2) is 4.98 Å². The molecule has 1 rings (SSSR count). The largest absolute Gasteiger partial charge is 0.476 e. The van der Waals surface area contributed by atoms with E-state index in [0.717, 1.165) is 17.9 Å². The third kappa shape index (κ3) is 4.87. The van der Waals surface area contributed by atoms with E-state index in [1.165, 1.54) is 13.4 Å². The molecule has 0 unspecified atom stereocenters. The molecule has 0 aliphatic heterocycles. The Morgan fingerprint density at radius 3 is 2.95 bits per heavy atom. The quantitative estimate of drug-likeness (QED) is 0.392. The van der Waals surface area contributed by atoms with E-state index in [1.807, 2.05) is 0 Å². The fourth-order valence-corrected chi connectivity index (χ4v) is 2.10. The van der Waals surface area contributed by atoms with Crippen LogP contribution in [0.15, 0.2) is 6.33 Å². The number of thioether (sulfide) groups is 1. The Labute approximate surface area is 114 Å². The van der Waals surface area contributed by atoms with E-state index in [2.05, 4.69) is 15.3 Å². The van der Waals surface area contributed by atoms with E-state index in [9.17, 15) is 10.1 Å². The maximum absolute atomic E-state index is 10.9. The predicted molar refractivity (Wildman–Crippen MR) is 72.8 cm³/mol. The number of nitrogens with zero attached hydrogens (tertiary/aromatic N) is 3. The molecule has 0 fully saturated rings. The number of methoxy groups -OCH3 is 1. The standard InChI is InChI=1S/C10H16N4O4S/c1-18-10-8(14(16)17)9(12-7-13-10)11-3-6-19-5-2-4-15/h7,15H,2-6H2,1H3,(H,11,12,13). The summed E-state index contributed by atoms with van der Waals surface area (Å²) in [5.74, 6) is 1.71. The van der Waals surface area contributed by atoms with Crippen molar-refractivity contribution in [3.63, 3.8) is 0 Å². The van der Waals surface area contributed by atoms with Gasteiger partial charge in [0.15, 0.2) is 0 Å². The number of anilines is 1. The van der Waals surface area contributed by atoms with E-state index in [1.54, 1.807) is 11.8 Å². The average Bonchev–Trinajstić information content (AvgIpc) is 2.42. The van der Waals surface area contributed by atoms with E-state index in [4.69, 9.17) is 9.84 Å². The van der Waals surface area contributed by atoms with Crippen molar-refractivity contribution in [3.8, 4) is 5.88 Å². The minimum atomic E-state index is -0.569. The minimum absolute atomic E-state index is 0.0598. The first-order valence-corrected chi connectivity index (χ1v) is 6.82. The van der Waals surface area contributed by atoms with Crippen molar-refractivity contribution in [1.29, 1.82) is 0 Å². The van der Waals surface area contributed by atoms with Crippen LogP contribution < -0.4 is 10.1 Å². The molecule has 8 nitrogen and oxygen atoms in total. The molecule has 19 heavy (non-hydrogen) atoms. The highest BCUT2D eigenvalue weighted by Crippen LogP contribution is 2.30. The number of hydrogen-bond donors (Lipinski definition) is 2. The van der Waals surface area contributed by atoms with Crippen LogP contribution in [-0.4, -0.2) is 51.8 Å². The lowest BCUT2D eigenvalue weighted by Gasteiger charge is -2.07.